The molecule has 4 rings (SSSR count). The van der Waals surface area contributed by atoms with Crippen LogP contribution in [0.3, 0.4) is 0 Å². The van der Waals surface area contributed by atoms with Crippen LogP contribution in [0.15, 0.2) is 24.3 Å². The van der Waals surface area contributed by atoms with Crippen LogP contribution in [0, 0.1) is 0 Å². The number of hydrogen-bond acceptors (Lipinski definition) is 6. The van der Waals surface area contributed by atoms with E-state index in [1.54, 1.807) is 21.9 Å². The molecule has 146 valence electrons. The van der Waals surface area contributed by atoms with Gasteiger partial charge < -0.3 is 19.5 Å². The molecule has 8 nitrogen and oxygen atoms in total. The lowest BCUT2D eigenvalue weighted by atomic mass is 10.2. The standard InChI is InChI=1S/C19H25N3O5/c23-15-4-1-3-14(11-15)18(24)21-12-16-17(13-21)27-19(25)22(16)6-2-5-20-7-9-26-10-8-20/h1,3-4,11,16-17,23H,2,5-10,12-13H2/t16-,17+/m0/s1. The summed E-state index contributed by atoms with van der Waals surface area (Å²) in [6, 6.07) is 6.24. The van der Waals surface area contributed by atoms with Gasteiger partial charge in [-0.3, -0.25) is 14.6 Å². The van der Waals surface area contributed by atoms with Crippen molar-refractivity contribution in [2.75, 3.05) is 52.5 Å². The number of ether oxygens (including phenoxy) is 2. The quantitative estimate of drug-likeness (QED) is 0.818. The molecule has 2 amide bonds. The number of morpholine rings is 1. The molecular formula is C19H25N3O5. The Bertz CT molecular complexity index is 706. The van der Waals surface area contributed by atoms with Gasteiger partial charge in [0.1, 0.15) is 11.9 Å². The average molecular weight is 375 g/mol. The maximum absolute atomic E-state index is 12.7. The first-order valence-corrected chi connectivity index (χ1v) is 9.47. The zero-order valence-corrected chi connectivity index (χ0v) is 15.2. The summed E-state index contributed by atoms with van der Waals surface area (Å²) in [6.07, 6.45) is 0.317. The molecule has 3 fully saturated rings. The number of fused-ring (bicyclic) bond motifs is 1. The summed E-state index contributed by atoms with van der Waals surface area (Å²) in [7, 11) is 0. The van der Waals surface area contributed by atoms with E-state index in [1.165, 1.54) is 12.1 Å². The van der Waals surface area contributed by atoms with Crippen LogP contribution >= 0.6 is 0 Å². The monoisotopic (exact) mass is 375 g/mol. The zero-order valence-electron chi connectivity index (χ0n) is 15.2. The van der Waals surface area contributed by atoms with Crippen LogP contribution < -0.4 is 0 Å². The smallest absolute Gasteiger partial charge is 0.410 e. The topological polar surface area (TPSA) is 82.5 Å². The molecule has 8 heteroatoms. The molecule has 0 radical (unpaired) electrons. The van der Waals surface area contributed by atoms with E-state index in [1.807, 2.05) is 0 Å². The maximum atomic E-state index is 12.7. The average Bonchev–Trinajstić information content (AvgIpc) is 3.20. The van der Waals surface area contributed by atoms with Gasteiger partial charge in [0.2, 0.25) is 0 Å². The number of amides is 2. The maximum Gasteiger partial charge on any atom is 0.410 e. The van der Waals surface area contributed by atoms with Gasteiger partial charge in [-0.15, -0.1) is 0 Å². The second kappa shape index (κ2) is 7.74. The third-order valence-electron chi connectivity index (χ3n) is 5.48. The number of rotatable bonds is 5. The van der Waals surface area contributed by atoms with Crippen LogP contribution in [0.4, 0.5) is 4.79 Å². The highest BCUT2D eigenvalue weighted by Crippen LogP contribution is 2.28. The second-order valence-electron chi connectivity index (χ2n) is 7.25. The Balaban J connectivity index is 1.33. The fraction of sp³-hybridized carbons (Fsp3) is 0.579. The van der Waals surface area contributed by atoms with Crippen molar-refractivity contribution in [2.45, 2.75) is 18.6 Å². The van der Waals surface area contributed by atoms with Gasteiger partial charge in [-0.05, 0) is 24.6 Å². The van der Waals surface area contributed by atoms with E-state index < -0.39 is 0 Å². The molecular weight excluding hydrogens is 350 g/mol. The summed E-state index contributed by atoms with van der Waals surface area (Å²) in [5.41, 5.74) is 0.445. The van der Waals surface area contributed by atoms with Crippen molar-refractivity contribution in [3.8, 4) is 5.75 Å². The minimum atomic E-state index is -0.281. The van der Waals surface area contributed by atoms with Crippen LogP contribution in [0.2, 0.25) is 0 Å². The fourth-order valence-corrected chi connectivity index (χ4v) is 4.04. The lowest BCUT2D eigenvalue weighted by Crippen LogP contribution is -2.42. The Hall–Kier alpha value is -2.32. The lowest BCUT2D eigenvalue weighted by molar-refractivity contribution is 0.0362. The number of aromatic hydroxyl groups is 1. The molecule has 3 heterocycles. The fourth-order valence-electron chi connectivity index (χ4n) is 4.04. The minimum Gasteiger partial charge on any atom is -0.508 e. The molecule has 1 aromatic carbocycles. The van der Waals surface area contributed by atoms with Crippen LogP contribution in [-0.4, -0.2) is 96.4 Å². The summed E-state index contributed by atoms with van der Waals surface area (Å²) in [6.45, 7) is 5.81. The highest BCUT2D eigenvalue weighted by atomic mass is 16.6. The van der Waals surface area contributed by atoms with E-state index in [4.69, 9.17) is 9.47 Å². The van der Waals surface area contributed by atoms with E-state index in [2.05, 4.69) is 4.90 Å². The van der Waals surface area contributed by atoms with E-state index in [0.29, 0.717) is 25.2 Å². The van der Waals surface area contributed by atoms with Gasteiger partial charge in [-0.1, -0.05) is 6.07 Å². The summed E-state index contributed by atoms with van der Waals surface area (Å²) in [5.74, 6) is -0.0824. The first-order chi connectivity index (χ1) is 13.1. The number of hydrogen-bond donors (Lipinski definition) is 1. The van der Waals surface area contributed by atoms with Crippen molar-refractivity contribution >= 4 is 12.0 Å². The molecule has 1 N–H and O–H groups in total. The van der Waals surface area contributed by atoms with Crippen molar-refractivity contribution in [3.05, 3.63) is 29.8 Å². The summed E-state index contributed by atoms with van der Waals surface area (Å²) in [4.78, 5) is 30.7. The van der Waals surface area contributed by atoms with Gasteiger partial charge in [-0.25, -0.2) is 4.79 Å². The van der Waals surface area contributed by atoms with Crippen molar-refractivity contribution in [2.24, 2.45) is 0 Å². The van der Waals surface area contributed by atoms with Gasteiger partial charge >= 0.3 is 6.09 Å². The first kappa shape index (κ1) is 18.1. The summed E-state index contributed by atoms with van der Waals surface area (Å²) in [5, 5.41) is 9.59. The Morgan fingerprint density at radius 1 is 1.19 bits per heavy atom. The Morgan fingerprint density at radius 3 is 2.78 bits per heavy atom. The van der Waals surface area contributed by atoms with E-state index in [-0.39, 0.29) is 29.9 Å². The Labute approximate surface area is 158 Å². The predicted molar refractivity (Wildman–Crippen MR) is 96.6 cm³/mol. The molecule has 3 aliphatic rings. The van der Waals surface area contributed by atoms with E-state index in [0.717, 1.165) is 39.3 Å². The molecule has 0 unspecified atom stereocenters. The van der Waals surface area contributed by atoms with Crippen LogP contribution in [0.25, 0.3) is 0 Å². The number of carbonyl (C=O) groups excluding carboxylic acids is 2. The van der Waals surface area contributed by atoms with Crippen molar-refractivity contribution < 1.29 is 24.2 Å². The van der Waals surface area contributed by atoms with Gasteiger partial charge in [0.25, 0.3) is 5.91 Å². The molecule has 1 aromatic rings. The normalized spacial score (nSPS) is 25.6. The Kier molecular flexibility index (Phi) is 5.18. The van der Waals surface area contributed by atoms with Crippen molar-refractivity contribution in [1.82, 2.24) is 14.7 Å². The van der Waals surface area contributed by atoms with E-state index in [9.17, 15) is 14.7 Å². The van der Waals surface area contributed by atoms with Gasteiger partial charge in [0.05, 0.1) is 25.8 Å². The number of carbonyl (C=O) groups is 2. The second-order valence-corrected chi connectivity index (χ2v) is 7.25. The van der Waals surface area contributed by atoms with Crippen molar-refractivity contribution in [1.29, 1.82) is 0 Å². The van der Waals surface area contributed by atoms with Crippen molar-refractivity contribution in [3.63, 3.8) is 0 Å². The lowest BCUT2D eigenvalue weighted by Gasteiger charge is -2.28. The van der Waals surface area contributed by atoms with Gasteiger partial charge in [0, 0.05) is 38.3 Å². The van der Waals surface area contributed by atoms with Crippen LogP contribution in [-0.2, 0) is 9.47 Å². The molecule has 0 saturated carbocycles. The highest BCUT2D eigenvalue weighted by molar-refractivity contribution is 5.95. The summed E-state index contributed by atoms with van der Waals surface area (Å²) >= 11 is 0. The van der Waals surface area contributed by atoms with Gasteiger partial charge in [-0.2, -0.15) is 0 Å². The van der Waals surface area contributed by atoms with Crippen LogP contribution in [0.5, 0.6) is 5.75 Å². The molecule has 3 saturated heterocycles. The number of benzene rings is 1. The molecule has 2 atom stereocenters. The Morgan fingerprint density at radius 2 is 2.00 bits per heavy atom. The highest BCUT2D eigenvalue weighted by Gasteiger charge is 2.48. The zero-order chi connectivity index (χ0) is 18.8. The molecule has 27 heavy (non-hydrogen) atoms. The summed E-state index contributed by atoms with van der Waals surface area (Å²) < 4.78 is 10.8. The number of nitrogens with zero attached hydrogens (tertiary/aromatic N) is 3. The third-order valence-corrected chi connectivity index (χ3v) is 5.48. The number of phenolic OH excluding ortho intramolecular Hbond substituents is 1. The van der Waals surface area contributed by atoms with E-state index >= 15 is 0 Å². The predicted octanol–water partition coefficient (Wildman–Crippen LogP) is 0.760. The largest absolute Gasteiger partial charge is 0.508 e. The van der Waals surface area contributed by atoms with Crippen LogP contribution in [0.1, 0.15) is 16.8 Å². The number of likely N-dealkylation sites (tertiary alicyclic amines) is 1. The molecule has 0 bridgehead atoms. The SMILES string of the molecule is O=C(c1cccc(O)c1)N1C[C@H]2OC(=O)N(CCCN3CCOCC3)[C@H]2C1. The molecule has 0 aliphatic carbocycles. The third kappa shape index (κ3) is 3.86. The molecule has 0 aromatic heterocycles. The minimum absolute atomic E-state index is 0.0661. The molecule has 0 spiro atoms. The number of phenols is 1. The van der Waals surface area contributed by atoms with Gasteiger partial charge in [0.15, 0.2) is 0 Å². The molecule has 3 aliphatic heterocycles. The first-order valence-electron chi connectivity index (χ1n) is 9.47.